The first-order chi connectivity index (χ1) is 36.0. The molecule has 2 aliphatic heterocycles. The number of benzene rings is 1. The third-order valence-electron chi connectivity index (χ3n) is 13.7. The van der Waals surface area contributed by atoms with E-state index >= 15 is 0 Å². The number of para-hydroxylation sites is 1. The second-order valence-corrected chi connectivity index (χ2v) is 19.6. The number of carbonyl (C=O) groups is 2. The van der Waals surface area contributed by atoms with Crippen molar-refractivity contribution in [1.29, 1.82) is 0 Å². The minimum absolute atomic E-state index is 0. The number of anilines is 3. The molecule has 0 saturated carbocycles. The van der Waals surface area contributed by atoms with Crippen molar-refractivity contribution in [2.24, 2.45) is 29.0 Å². The van der Waals surface area contributed by atoms with Gasteiger partial charge in [-0.15, -0.1) is 29.0 Å². The minimum Gasteiger partial charge on any atom is -0.377 e. The van der Waals surface area contributed by atoms with E-state index in [0.717, 1.165) is 42.3 Å². The number of hydrogen-bond acceptors (Lipinski definition) is 18. The van der Waals surface area contributed by atoms with Gasteiger partial charge in [0.15, 0.2) is 0 Å². The number of terminal acetylenes is 1. The van der Waals surface area contributed by atoms with Crippen molar-refractivity contribution in [3.8, 4) is 12.3 Å². The number of aromatic amines is 1. The van der Waals surface area contributed by atoms with Crippen LogP contribution in [0.15, 0.2) is 42.7 Å². The molecule has 0 bridgehead atoms. The van der Waals surface area contributed by atoms with Gasteiger partial charge >= 0.3 is 0 Å². The van der Waals surface area contributed by atoms with Crippen molar-refractivity contribution >= 4 is 53.0 Å². The normalized spacial score (nSPS) is 16.1. The van der Waals surface area contributed by atoms with Gasteiger partial charge in [-0.1, -0.05) is 68.7 Å². The Morgan fingerprint density at radius 3 is 1.99 bits per heavy atom. The maximum Gasteiger partial charge on any atom is 0.248 e. The summed E-state index contributed by atoms with van der Waals surface area (Å²) in [5, 5.41) is 22.1. The first-order valence-corrected chi connectivity index (χ1v) is 26.3. The number of H-pyrrole nitrogens is 1. The summed E-state index contributed by atoms with van der Waals surface area (Å²) in [6, 6.07) is 8.39. The largest absolute Gasteiger partial charge is 0.377 e. The topological polar surface area (TPSA) is 281 Å². The number of carbonyl (C=O) groups excluding carboxylic acids is 2. The highest BCUT2D eigenvalue weighted by Crippen LogP contribution is 2.27. The zero-order chi connectivity index (χ0) is 52.4. The van der Waals surface area contributed by atoms with E-state index in [4.69, 9.17) is 52.8 Å². The van der Waals surface area contributed by atoms with Crippen molar-refractivity contribution < 1.29 is 23.8 Å². The molecule has 75 heavy (non-hydrogen) atoms. The molecular weight excluding hydrogens is 980 g/mol. The molecule has 2 fully saturated rings. The number of ether oxygens (including phenoxy) is 3. The van der Waals surface area contributed by atoms with Gasteiger partial charge in [-0.25, -0.2) is 9.36 Å². The van der Waals surface area contributed by atoms with Gasteiger partial charge in [0.1, 0.15) is 18.7 Å². The number of nitrogens with one attached hydrogen (secondary N) is 2. The van der Waals surface area contributed by atoms with Crippen molar-refractivity contribution in [3.05, 3.63) is 59.8 Å². The molecule has 24 heteroatoms. The molecular formula is C51H79ClN18O5. The van der Waals surface area contributed by atoms with Gasteiger partial charge in [0.05, 0.1) is 68.9 Å². The van der Waals surface area contributed by atoms with Gasteiger partial charge in [0.2, 0.25) is 29.7 Å². The molecule has 7 rings (SSSR count). The van der Waals surface area contributed by atoms with Crippen LogP contribution in [0.3, 0.4) is 0 Å². The van der Waals surface area contributed by atoms with E-state index in [9.17, 15) is 9.59 Å². The third kappa shape index (κ3) is 16.3. The lowest BCUT2D eigenvalue weighted by atomic mass is 9.98. The predicted octanol–water partition coefficient (Wildman–Crippen LogP) is 3.30. The number of nitrogens with two attached hydrogens (primary N) is 3. The summed E-state index contributed by atoms with van der Waals surface area (Å²) in [6.45, 7) is 15.4. The van der Waals surface area contributed by atoms with Crippen LogP contribution >= 0.6 is 12.4 Å². The molecule has 0 radical (unpaired) electrons. The Morgan fingerprint density at radius 1 is 0.787 bits per heavy atom. The fraction of sp³-hybridized carbons (Fsp3) is 0.627. The zero-order valence-corrected chi connectivity index (χ0v) is 45.0. The summed E-state index contributed by atoms with van der Waals surface area (Å²) >= 11 is 0. The molecule has 23 nitrogen and oxygen atoms in total. The number of unbranched alkanes of at least 4 members (excludes halogenated alkanes) is 1. The van der Waals surface area contributed by atoms with Crippen LogP contribution in [0.4, 0.5) is 17.8 Å². The lowest BCUT2D eigenvalue weighted by Gasteiger charge is -2.38. The van der Waals surface area contributed by atoms with Crippen molar-refractivity contribution in [3.63, 3.8) is 0 Å². The smallest absolute Gasteiger partial charge is 0.248 e. The lowest BCUT2D eigenvalue weighted by Crippen LogP contribution is -2.52. The highest BCUT2D eigenvalue weighted by molar-refractivity contribution is 5.85. The number of fused-ring (bicyclic) bond motifs is 1. The Labute approximate surface area is 446 Å². The molecule has 5 aromatic rings. The van der Waals surface area contributed by atoms with Crippen molar-refractivity contribution in [2.45, 2.75) is 90.4 Å². The maximum absolute atomic E-state index is 14.7. The first-order valence-electron chi connectivity index (χ1n) is 26.3. The van der Waals surface area contributed by atoms with Gasteiger partial charge in [-0.2, -0.15) is 15.0 Å². The van der Waals surface area contributed by atoms with Crippen LogP contribution in [-0.4, -0.2) is 177 Å². The number of rotatable bonds is 29. The van der Waals surface area contributed by atoms with Crippen LogP contribution in [0.2, 0.25) is 0 Å². The van der Waals surface area contributed by atoms with Crippen LogP contribution in [0.5, 0.6) is 0 Å². The quantitative estimate of drug-likeness (QED) is 0.0339. The Bertz CT molecular complexity index is 2520. The average molecular weight is 1060 g/mol. The third-order valence-corrected chi connectivity index (χ3v) is 13.7. The summed E-state index contributed by atoms with van der Waals surface area (Å²) < 4.78 is 20.0. The molecule has 410 valence electrons. The second kappa shape index (κ2) is 29.3. The predicted molar refractivity (Wildman–Crippen MR) is 290 cm³/mol. The summed E-state index contributed by atoms with van der Waals surface area (Å²) in [5.41, 5.74) is 22.2. The van der Waals surface area contributed by atoms with E-state index in [0.29, 0.717) is 146 Å². The lowest BCUT2D eigenvalue weighted by molar-refractivity contribution is -0.136. The molecule has 0 spiro atoms. The Hall–Kier alpha value is -6.00. The summed E-state index contributed by atoms with van der Waals surface area (Å²) in [7, 11) is 0. The average Bonchev–Trinajstić information content (AvgIpc) is 4.21. The molecule has 4 aromatic heterocycles. The number of amides is 2. The number of aromatic nitrogens is 10. The van der Waals surface area contributed by atoms with Crippen molar-refractivity contribution in [2.75, 3.05) is 120 Å². The van der Waals surface area contributed by atoms with E-state index < -0.39 is 12.1 Å². The molecule has 5 atom stereocenters. The Balaban J connectivity index is 0.00000914. The van der Waals surface area contributed by atoms with Gasteiger partial charge < -0.3 is 61.3 Å². The highest BCUT2D eigenvalue weighted by Gasteiger charge is 2.34. The van der Waals surface area contributed by atoms with Gasteiger partial charge in [-0.3, -0.25) is 9.59 Å². The number of nitrogens with zero attached hydrogens (tertiary/aromatic N) is 13. The maximum atomic E-state index is 14.7. The summed E-state index contributed by atoms with van der Waals surface area (Å²) in [4.78, 5) is 55.2. The molecule has 2 amide bonds. The van der Waals surface area contributed by atoms with E-state index in [2.05, 4.69) is 86.5 Å². The van der Waals surface area contributed by atoms with Crippen LogP contribution in [0.25, 0.3) is 10.9 Å². The molecule has 1 unspecified atom stereocenters. The van der Waals surface area contributed by atoms with Gasteiger partial charge in [-0.05, 0) is 61.6 Å². The van der Waals surface area contributed by atoms with Crippen LogP contribution < -0.4 is 32.3 Å². The standard InChI is InChI=1S/C51H78N18O5.ClH/c1-6-25-72-27-29-74-30-28-73-26-16-55-49-57-50(66-21-17-64(18-22-66)47(70)44(14-10-11-15-52)68-35-43(61-63-68)46(54)37(5)7-2)59-51(58-49)67-23-19-65(20-24-67)48(71)45(33-39-32-38-12-8-9-13-41(38)56-39)69-34-42(60-62-69)40(53)31-36(3)4;/h1,8-9,12-13,32,34-37,40,44-46,56H,7,10-11,14-31,33,52-54H2,2-5H3,(H,55,57,58,59);1H/t37?,40-,44-,45+,46-;/m0./s1. The highest BCUT2D eigenvalue weighted by atomic mass is 35.5. The SMILES string of the molecule is C#CCOCCOCCOCCNc1nc(N2CCN(C(=O)[C@@H](Cc3cc4ccccc4[nH]3)n3cc([C@@H](N)CC(C)C)nn3)CC2)nc(N2CCN(C(=O)[C@H](CCCCN)n3cc([C@@H](N)C(C)CC)nn3)CC2)n1.Cl. The first kappa shape index (κ1) is 58.3. The fourth-order valence-electron chi connectivity index (χ4n) is 9.18. The molecule has 0 aliphatic carbocycles. The molecule has 1 aromatic carbocycles. The van der Waals surface area contributed by atoms with E-state index in [1.165, 1.54) is 0 Å². The van der Waals surface area contributed by atoms with E-state index in [1.54, 1.807) is 9.36 Å². The second-order valence-electron chi connectivity index (χ2n) is 19.6. The zero-order valence-electron chi connectivity index (χ0n) is 44.1. The van der Waals surface area contributed by atoms with Gasteiger partial charge in [0.25, 0.3) is 0 Å². The number of hydrogen-bond donors (Lipinski definition) is 5. The van der Waals surface area contributed by atoms with Crippen LogP contribution in [0.1, 0.15) is 101 Å². The number of piperazine rings is 2. The Morgan fingerprint density at radius 2 is 1.37 bits per heavy atom. The van der Waals surface area contributed by atoms with E-state index in [1.807, 2.05) is 40.4 Å². The van der Waals surface area contributed by atoms with Crippen molar-refractivity contribution in [1.82, 2.24) is 59.7 Å². The molecule has 2 aliphatic rings. The molecule has 8 N–H and O–H groups in total. The number of halogens is 1. The molecule has 2 saturated heterocycles. The monoisotopic (exact) mass is 1060 g/mol. The summed E-state index contributed by atoms with van der Waals surface area (Å²) in [6.07, 6.45) is 13.1. The minimum atomic E-state index is -0.656. The molecule has 6 heterocycles. The fourth-order valence-corrected chi connectivity index (χ4v) is 9.18. The summed E-state index contributed by atoms with van der Waals surface area (Å²) in [5.74, 6) is 4.30. The van der Waals surface area contributed by atoms with Gasteiger partial charge in [0, 0.05) is 76.5 Å². The van der Waals surface area contributed by atoms with E-state index in [-0.39, 0.29) is 48.8 Å². The Kier molecular flexibility index (Phi) is 22.8. The van der Waals surface area contributed by atoms with Crippen LogP contribution in [0, 0.1) is 24.2 Å². The van der Waals surface area contributed by atoms with Crippen LogP contribution in [-0.2, 0) is 30.2 Å².